The second-order valence-corrected chi connectivity index (χ2v) is 7.64. The van der Waals surface area contributed by atoms with Crippen LogP contribution in [0.2, 0.25) is 0 Å². The van der Waals surface area contributed by atoms with E-state index in [0.29, 0.717) is 22.8 Å². The predicted octanol–water partition coefficient (Wildman–Crippen LogP) is 3.85. The summed E-state index contributed by atoms with van der Waals surface area (Å²) in [7, 11) is 0. The molecule has 1 fully saturated rings. The van der Waals surface area contributed by atoms with E-state index in [4.69, 9.17) is 14.7 Å². The molecule has 0 unspecified atom stereocenters. The largest absolute Gasteiger partial charge is 0.463 e. The monoisotopic (exact) mass is 331 g/mol. The predicted molar refractivity (Wildman–Crippen MR) is 91.3 cm³/mol. The van der Waals surface area contributed by atoms with Gasteiger partial charge in [-0.15, -0.1) is 0 Å². The van der Waals surface area contributed by atoms with E-state index in [9.17, 15) is 4.79 Å². The third kappa shape index (κ3) is 3.32. The topological polar surface area (TPSA) is 94.3 Å². The summed E-state index contributed by atoms with van der Waals surface area (Å²) in [5.41, 5.74) is 6.72. The van der Waals surface area contributed by atoms with Gasteiger partial charge in [-0.25, -0.2) is 0 Å². The highest BCUT2D eigenvalue weighted by Crippen LogP contribution is 2.38. The lowest BCUT2D eigenvalue weighted by molar-refractivity contribution is 0.0905. The number of nitrogen functional groups attached to an aromatic ring is 1. The Balaban J connectivity index is 1.68. The molecule has 0 radical (unpaired) electrons. The first-order chi connectivity index (χ1) is 11.4. The fourth-order valence-electron chi connectivity index (χ4n) is 3.47. The molecule has 0 atom stereocenters. The number of nitrogens with one attached hydrogen (secondary N) is 1. The van der Waals surface area contributed by atoms with Crippen LogP contribution in [0.5, 0.6) is 0 Å². The Labute approximate surface area is 141 Å². The summed E-state index contributed by atoms with van der Waals surface area (Å²) < 4.78 is 10.3. The number of aromatic nitrogens is 1. The van der Waals surface area contributed by atoms with Crippen LogP contribution in [-0.2, 0) is 0 Å². The van der Waals surface area contributed by atoms with Gasteiger partial charge in [-0.05, 0) is 49.1 Å². The summed E-state index contributed by atoms with van der Waals surface area (Å²) in [5, 5.41) is 6.94. The van der Waals surface area contributed by atoms with Crippen LogP contribution in [0.1, 0.15) is 56.8 Å². The van der Waals surface area contributed by atoms with Crippen molar-refractivity contribution in [2.45, 2.75) is 52.5 Å². The molecule has 1 amide bonds. The first-order valence-electron chi connectivity index (χ1n) is 8.46. The number of hydrogen-bond acceptors (Lipinski definition) is 5. The molecule has 2 aromatic heterocycles. The molecular formula is C18H25N3O3. The maximum Gasteiger partial charge on any atom is 0.259 e. The Morgan fingerprint density at radius 2 is 2.00 bits per heavy atom. The zero-order chi connectivity index (χ0) is 17.3. The minimum Gasteiger partial charge on any atom is -0.463 e. The molecule has 0 bridgehead atoms. The molecule has 1 saturated carbocycles. The van der Waals surface area contributed by atoms with Crippen LogP contribution in [0, 0.1) is 11.3 Å². The minimum absolute atomic E-state index is 0.0160. The summed E-state index contributed by atoms with van der Waals surface area (Å²) in [4.78, 5) is 12.7. The van der Waals surface area contributed by atoms with Gasteiger partial charge in [-0.2, -0.15) is 0 Å². The van der Waals surface area contributed by atoms with Crippen molar-refractivity contribution < 1.29 is 13.7 Å². The molecule has 6 heteroatoms. The quantitative estimate of drug-likeness (QED) is 0.891. The normalized spacial score (nSPS) is 21.6. The lowest BCUT2D eigenvalue weighted by Crippen LogP contribution is -2.39. The van der Waals surface area contributed by atoms with Crippen molar-refractivity contribution in [3.8, 4) is 11.5 Å². The van der Waals surface area contributed by atoms with Crippen molar-refractivity contribution in [1.29, 1.82) is 0 Å². The zero-order valence-electron chi connectivity index (χ0n) is 14.5. The van der Waals surface area contributed by atoms with Crippen LogP contribution in [0.15, 0.2) is 27.3 Å². The Morgan fingerprint density at radius 3 is 2.58 bits per heavy atom. The van der Waals surface area contributed by atoms with Gasteiger partial charge in [0.25, 0.3) is 5.91 Å². The molecule has 2 heterocycles. The van der Waals surface area contributed by atoms with E-state index in [1.807, 2.05) is 0 Å². The third-order valence-electron chi connectivity index (χ3n) is 4.99. The standard InChI is InChI=1S/C18H25N3O3/c1-18(2,3)11-6-8-12(9-7-11)20-17(22)14-15(21-24-16(14)19)13-5-4-10-23-13/h4-5,10-12H,6-9,19H2,1-3H3,(H,20,22). The number of rotatable bonds is 3. The molecule has 3 N–H and O–H groups in total. The van der Waals surface area contributed by atoms with E-state index in [1.165, 1.54) is 6.26 Å². The van der Waals surface area contributed by atoms with Gasteiger partial charge in [-0.3, -0.25) is 4.79 Å². The summed E-state index contributed by atoms with van der Waals surface area (Å²) in [6.45, 7) is 6.85. The number of hydrogen-bond donors (Lipinski definition) is 2. The van der Waals surface area contributed by atoms with Crippen molar-refractivity contribution >= 4 is 11.8 Å². The highest BCUT2D eigenvalue weighted by molar-refractivity contribution is 6.03. The van der Waals surface area contributed by atoms with Gasteiger partial charge in [0.2, 0.25) is 5.88 Å². The minimum atomic E-state index is -0.251. The summed E-state index contributed by atoms with van der Waals surface area (Å²) in [5.74, 6) is 0.934. The van der Waals surface area contributed by atoms with Crippen LogP contribution in [0.3, 0.4) is 0 Å². The molecule has 3 rings (SSSR count). The summed E-state index contributed by atoms with van der Waals surface area (Å²) in [6.07, 6.45) is 5.73. The van der Waals surface area contributed by atoms with Crippen molar-refractivity contribution in [3.63, 3.8) is 0 Å². The van der Waals surface area contributed by atoms with Crippen LogP contribution in [-0.4, -0.2) is 17.1 Å². The SMILES string of the molecule is CC(C)(C)C1CCC(NC(=O)c2c(-c3ccco3)noc2N)CC1. The zero-order valence-corrected chi connectivity index (χ0v) is 14.5. The smallest absolute Gasteiger partial charge is 0.259 e. The van der Waals surface area contributed by atoms with Crippen LogP contribution in [0.25, 0.3) is 11.5 Å². The molecule has 0 saturated heterocycles. The second-order valence-electron chi connectivity index (χ2n) is 7.64. The molecule has 1 aliphatic carbocycles. The van der Waals surface area contributed by atoms with E-state index < -0.39 is 0 Å². The lowest BCUT2D eigenvalue weighted by atomic mass is 9.71. The Bertz CT molecular complexity index is 690. The summed E-state index contributed by atoms with van der Waals surface area (Å²) >= 11 is 0. The number of anilines is 1. The molecule has 1 aliphatic rings. The molecule has 0 aliphatic heterocycles. The van der Waals surface area contributed by atoms with Gasteiger partial charge in [-0.1, -0.05) is 25.9 Å². The maximum atomic E-state index is 12.7. The van der Waals surface area contributed by atoms with Crippen molar-refractivity contribution in [3.05, 3.63) is 24.0 Å². The molecule has 24 heavy (non-hydrogen) atoms. The van der Waals surface area contributed by atoms with Gasteiger partial charge in [0, 0.05) is 6.04 Å². The number of carbonyl (C=O) groups is 1. The molecule has 2 aromatic rings. The van der Waals surface area contributed by atoms with E-state index in [-0.39, 0.29) is 23.4 Å². The lowest BCUT2D eigenvalue weighted by Gasteiger charge is -2.37. The first kappa shape index (κ1) is 16.6. The van der Waals surface area contributed by atoms with Gasteiger partial charge < -0.3 is 20.0 Å². The van der Waals surface area contributed by atoms with E-state index in [2.05, 4.69) is 31.2 Å². The molecule has 6 nitrogen and oxygen atoms in total. The van der Waals surface area contributed by atoms with E-state index in [0.717, 1.165) is 25.7 Å². The van der Waals surface area contributed by atoms with Gasteiger partial charge >= 0.3 is 0 Å². The number of nitrogens with two attached hydrogens (primary N) is 1. The fourth-order valence-corrected chi connectivity index (χ4v) is 3.47. The van der Waals surface area contributed by atoms with Crippen molar-refractivity contribution in [1.82, 2.24) is 10.5 Å². The fraction of sp³-hybridized carbons (Fsp3) is 0.556. The first-order valence-corrected chi connectivity index (χ1v) is 8.46. The second kappa shape index (κ2) is 6.34. The molecule has 130 valence electrons. The average molecular weight is 331 g/mol. The number of furan rings is 1. The summed E-state index contributed by atoms with van der Waals surface area (Å²) in [6, 6.07) is 3.62. The van der Waals surface area contributed by atoms with Crippen LogP contribution < -0.4 is 11.1 Å². The molecule has 0 spiro atoms. The third-order valence-corrected chi connectivity index (χ3v) is 4.99. The van der Waals surface area contributed by atoms with Crippen molar-refractivity contribution in [2.24, 2.45) is 11.3 Å². The molecule has 0 aromatic carbocycles. The number of carbonyl (C=O) groups excluding carboxylic acids is 1. The Hall–Kier alpha value is -2.24. The van der Waals surface area contributed by atoms with E-state index >= 15 is 0 Å². The average Bonchev–Trinajstić information content (AvgIpc) is 3.15. The van der Waals surface area contributed by atoms with Gasteiger partial charge in [0.15, 0.2) is 11.5 Å². The maximum absolute atomic E-state index is 12.7. The van der Waals surface area contributed by atoms with Crippen LogP contribution >= 0.6 is 0 Å². The number of nitrogens with zero attached hydrogens (tertiary/aromatic N) is 1. The van der Waals surface area contributed by atoms with Crippen LogP contribution in [0.4, 0.5) is 5.88 Å². The Kier molecular flexibility index (Phi) is 4.39. The van der Waals surface area contributed by atoms with Crippen molar-refractivity contribution in [2.75, 3.05) is 5.73 Å². The highest BCUT2D eigenvalue weighted by atomic mass is 16.5. The Morgan fingerprint density at radius 1 is 1.29 bits per heavy atom. The number of amides is 1. The van der Waals surface area contributed by atoms with Gasteiger partial charge in [0.1, 0.15) is 5.56 Å². The van der Waals surface area contributed by atoms with Gasteiger partial charge in [0.05, 0.1) is 6.26 Å². The highest BCUT2D eigenvalue weighted by Gasteiger charge is 2.32. The van der Waals surface area contributed by atoms with E-state index in [1.54, 1.807) is 12.1 Å². The molecular weight excluding hydrogens is 306 g/mol.